The fourth-order valence-electron chi connectivity index (χ4n) is 5.88. The van der Waals surface area contributed by atoms with Crippen molar-refractivity contribution < 1.29 is 28.6 Å². The number of hydrogen-bond acceptors (Lipinski definition) is 7. The van der Waals surface area contributed by atoms with Gasteiger partial charge in [-0.15, -0.1) is 11.3 Å². The molecule has 3 aromatic rings. The number of ether oxygens (including phenoxy) is 3. The summed E-state index contributed by atoms with van der Waals surface area (Å²) in [6, 6.07) is 18.2. The van der Waals surface area contributed by atoms with Crippen molar-refractivity contribution in [3.05, 3.63) is 81.5 Å². The van der Waals surface area contributed by atoms with E-state index in [1.807, 2.05) is 45.0 Å². The highest BCUT2D eigenvalue weighted by Crippen LogP contribution is 2.44. The summed E-state index contributed by atoms with van der Waals surface area (Å²) in [4.78, 5) is 40.8. The predicted octanol–water partition coefficient (Wildman–Crippen LogP) is 7.12. The second kappa shape index (κ2) is 12.6. The summed E-state index contributed by atoms with van der Waals surface area (Å²) in [6.07, 6.45) is 2.05. The van der Waals surface area contributed by atoms with Gasteiger partial charge in [-0.2, -0.15) is 0 Å². The van der Waals surface area contributed by atoms with E-state index in [0.29, 0.717) is 24.9 Å². The number of hydrogen-bond donors (Lipinski definition) is 1. The fraction of sp³-hybridized carbons (Fsp3) is 0.424. The highest BCUT2D eigenvalue weighted by atomic mass is 32.1. The van der Waals surface area contributed by atoms with Crippen LogP contribution in [0.1, 0.15) is 78.7 Å². The lowest BCUT2D eigenvalue weighted by Crippen LogP contribution is -2.47. The summed E-state index contributed by atoms with van der Waals surface area (Å²) in [7, 11) is 1.35. The molecule has 1 fully saturated rings. The van der Waals surface area contributed by atoms with Crippen LogP contribution in [0.4, 0.5) is 9.59 Å². The first-order chi connectivity index (χ1) is 20.1. The number of esters is 1. The molecule has 9 heteroatoms. The van der Waals surface area contributed by atoms with Gasteiger partial charge in [0.05, 0.1) is 19.2 Å². The first kappa shape index (κ1) is 29.6. The Morgan fingerprint density at radius 2 is 1.57 bits per heavy atom. The Morgan fingerprint density at radius 3 is 2.17 bits per heavy atom. The SMILES string of the molecule is COC(=O)c1csc(CN(C(=O)OCC2c3ccccc3-c3ccccc32)C2CCC(NC(=O)OC(C)(C)C)CC2)c1. The quantitative estimate of drug-likeness (QED) is 0.233. The number of nitrogens with one attached hydrogen (secondary N) is 1. The number of nitrogens with zero attached hydrogens (tertiary/aromatic N) is 1. The number of thiophene rings is 1. The van der Waals surface area contributed by atoms with Crippen molar-refractivity contribution in [1.82, 2.24) is 10.2 Å². The van der Waals surface area contributed by atoms with Crippen LogP contribution in [0.2, 0.25) is 0 Å². The van der Waals surface area contributed by atoms with E-state index in [1.54, 1.807) is 16.3 Å². The zero-order chi connectivity index (χ0) is 29.9. The number of carbonyl (C=O) groups excluding carboxylic acids is 3. The van der Waals surface area contributed by atoms with Crippen LogP contribution in [-0.4, -0.2) is 54.5 Å². The third-order valence-electron chi connectivity index (χ3n) is 7.83. The molecular weight excluding hydrogens is 552 g/mol. The molecule has 0 aliphatic heterocycles. The Morgan fingerprint density at radius 1 is 0.952 bits per heavy atom. The van der Waals surface area contributed by atoms with E-state index in [4.69, 9.17) is 14.2 Å². The molecule has 0 saturated heterocycles. The van der Waals surface area contributed by atoms with Crippen molar-refractivity contribution in [2.45, 2.75) is 76.6 Å². The number of benzene rings is 2. The van der Waals surface area contributed by atoms with Gasteiger partial charge in [0.2, 0.25) is 0 Å². The van der Waals surface area contributed by atoms with E-state index in [1.165, 1.54) is 29.6 Å². The van der Waals surface area contributed by atoms with E-state index in [-0.39, 0.29) is 30.7 Å². The Bertz CT molecular complexity index is 1390. The Kier molecular flexibility index (Phi) is 8.87. The fourth-order valence-corrected chi connectivity index (χ4v) is 6.73. The molecule has 2 amide bonds. The zero-order valence-electron chi connectivity index (χ0n) is 24.6. The molecule has 2 aliphatic carbocycles. The minimum atomic E-state index is -0.564. The molecule has 0 spiro atoms. The van der Waals surface area contributed by atoms with Gasteiger partial charge in [0, 0.05) is 28.3 Å². The minimum absolute atomic E-state index is 0.0203. The molecule has 2 aliphatic rings. The van der Waals surface area contributed by atoms with E-state index in [0.717, 1.165) is 28.8 Å². The molecule has 0 radical (unpaired) electrons. The first-order valence-electron chi connectivity index (χ1n) is 14.4. The van der Waals surface area contributed by atoms with Gasteiger partial charge >= 0.3 is 18.2 Å². The van der Waals surface area contributed by atoms with Crippen molar-refractivity contribution >= 4 is 29.5 Å². The number of carbonyl (C=O) groups is 3. The van der Waals surface area contributed by atoms with Gasteiger partial charge in [0.1, 0.15) is 12.2 Å². The summed E-state index contributed by atoms with van der Waals surface area (Å²) in [5.74, 6) is -0.441. The Labute approximate surface area is 251 Å². The van der Waals surface area contributed by atoms with Crippen LogP contribution in [0.25, 0.3) is 11.1 Å². The van der Waals surface area contributed by atoms with E-state index in [9.17, 15) is 14.4 Å². The topological polar surface area (TPSA) is 94.2 Å². The van der Waals surface area contributed by atoms with Crippen LogP contribution in [0.5, 0.6) is 0 Å². The molecule has 1 aromatic heterocycles. The number of rotatable bonds is 7. The predicted molar refractivity (Wildman–Crippen MR) is 162 cm³/mol. The number of fused-ring (bicyclic) bond motifs is 3. The highest BCUT2D eigenvalue weighted by Gasteiger charge is 2.34. The average molecular weight is 591 g/mol. The molecular formula is C33H38N2O6S. The molecule has 222 valence electrons. The number of methoxy groups -OCH3 is 1. The van der Waals surface area contributed by atoms with Crippen LogP contribution in [0.3, 0.4) is 0 Å². The van der Waals surface area contributed by atoms with Gasteiger partial charge < -0.3 is 24.4 Å². The van der Waals surface area contributed by atoms with Crippen LogP contribution in [0, 0.1) is 0 Å². The first-order valence-corrected chi connectivity index (χ1v) is 15.3. The highest BCUT2D eigenvalue weighted by molar-refractivity contribution is 7.10. The maximum atomic E-state index is 13.8. The third kappa shape index (κ3) is 6.78. The number of amides is 2. The monoisotopic (exact) mass is 590 g/mol. The maximum Gasteiger partial charge on any atom is 0.410 e. The Hall–Kier alpha value is -3.85. The summed E-state index contributed by atoms with van der Waals surface area (Å²) in [5.41, 5.74) is 4.58. The third-order valence-corrected chi connectivity index (χ3v) is 8.75. The van der Waals surface area contributed by atoms with Crippen LogP contribution < -0.4 is 5.32 Å². The summed E-state index contributed by atoms with van der Waals surface area (Å²) >= 11 is 1.42. The van der Waals surface area contributed by atoms with Crippen molar-refractivity contribution in [3.8, 4) is 11.1 Å². The minimum Gasteiger partial charge on any atom is -0.465 e. The molecule has 5 rings (SSSR count). The summed E-state index contributed by atoms with van der Waals surface area (Å²) in [5, 5.41) is 4.72. The standard InChI is InChI=1S/C33H38N2O6S/c1-33(2,3)41-31(37)34-22-13-15-23(16-14-22)35(18-24-17-21(20-42-24)30(36)39-4)32(38)40-19-29-27-11-7-5-9-25(27)26-10-6-8-12-28(26)29/h5-12,17,20,22-23,29H,13-16,18-19H2,1-4H3,(H,34,37). The van der Waals surface area contributed by atoms with Crippen LogP contribution >= 0.6 is 11.3 Å². The second-order valence-corrected chi connectivity index (χ2v) is 12.9. The van der Waals surface area contributed by atoms with Crippen molar-refractivity contribution in [2.75, 3.05) is 13.7 Å². The van der Waals surface area contributed by atoms with Gasteiger partial charge in [-0.25, -0.2) is 14.4 Å². The van der Waals surface area contributed by atoms with Gasteiger partial charge in [-0.1, -0.05) is 48.5 Å². The van der Waals surface area contributed by atoms with Gasteiger partial charge in [-0.3, -0.25) is 0 Å². The molecule has 0 bridgehead atoms. The molecule has 0 atom stereocenters. The zero-order valence-corrected chi connectivity index (χ0v) is 25.4. The smallest absolute Gasteiger partial charge is 0.410 e. The van der Waals surface area contributed by atoms with Crippen LogP contribution in [-0.2, 0) is 20.8 Å². The molecule has 42 heavy (non-hydrogen) atoms. The molecule has 1 N–H and O–H groups in total. The molecule has 1 saturated carbocycles. The molecule has 2 aromatic carbocycles. The number of alkyl carbamates (subject to hydrolysis) is 1. The van der Waals surface area contributed by atoms with Gasteiger partial charge in [0.25, 0.3) is 0 Å². The maximum absolute atomic E-state index is 13.8. The van der Waals surface area contributed by atoms with E-state index >= 15 is 0 Å². The van der Waals surface area contributed by atoms with Crippen molar-refractivity contribution in [2.24, 2.45) is 0 Å². The van der Waals surface area contributed by atoms with Crippen molar-refractivity contribution in [1.29, 1.82) is 0 Å². The summed E-state index contributed by atoms with van der Waals surface area (Å²) < 4.78 is 16.3. The van der Waals surface area contributed by atoms with Gasteiger partial charge in [-0.05, 0) is 74.8 Å². The lowest BCUT2D eigenvalue weighted by Gasteiger charge is -2.36. The average Bonchev–Trinajstić information content (AvgIpc) is 3.56. The molecule has 0 unspecified atom stereocenters. The Balaban J connectivity index is 1.29. The van der Waals surface area contributed by atoms with E-state index in [2.05, 4.69) is 29.6 Å². The lowest BCUT2D eigenvalue weighted by molar-refractivity contribution is 0.0454. The largest absolute Gasteiger partial charge is 0.465 e. The molecule has 1 heterocycles. The van der Waals surface area contributed by atoms with E-state index < -0.39 is 17.7 Å². The molecule has 8 nitrogen and oxygen atoms in total. The van der Waals surface area contributed by atoms with Crippen molar-refractivity contribution in [3.63, 3.8) is 0 Å². The van der Waals surface area contributed by atoms with Crippen LogP contribution in [0.15, 0.2) is 60.0 Å². The normalized spacial score (nSPS) is 18.0. The lowest BCUT2D eigenvalue weighted by atomic mass is 9.90. The summed E-state index contributed by atoms with van der Waals surface area (Å²) in [6.45, 7) is 6.08. The second-order valence-electron chi connectivity index (χ2n) is 11.9. The van der Waals surface area contributed by atoms with Gasteiger partial charge in [0.15, 0.2) is 0 Å².